The average molecular weight is 335 g/mol. The number of nitrogens with zero attached hydrogens (tertiary/aromatic N) is 3. The number of carbonyl (C=O) groups excluding carboxylic acids is 1. The number of likely N-dealkylation sites (tertiary alicyclic amines) is 2. The van der Waals surface area contributed by atoms with Crippen LogP contribution in [0.3, 0.4) is 0 Å². The molecule has 3 fully saturated rings. The molecule has 1 aromatic heterocycles. The SMILES string of the molecule is O=C(c1cscn1)N1CCC2(CCN(C[C@@H]3CCOC3)CC2)C1. The van der Waals surface area contributed by atoms with Crippen molar-refractivity contribution < 1.29 is 9.53 Å². The summed E-state index contributed by atoms with van der Waals surface area (Å²) in [5.74, 6) is 0.851. The lowest BCUT2D eigenvalue weighted by molar-refractivity contribution is 0.0693. The summed E-state index contributed by atoms with van der Waals surface area (Å²) in [6.45, 7) is 7.24. The van der Waals surface area contributed by atoms with Crippen LogP contribution in [0, 0.1) is 11.3 Å². The van der Waals surface area contributed by atoms with Gasteiger partial charge < -0.3 is 14.5 Å². The Balaban J connectivity index is 1.30. The van der Waals surface area contributed by atoms with Crippen molar-refractivity contribution in [3.8, 4) is 0 Å². The third-order valence-corrected chi connectivity index (χ3v) is 6.42. The maximum atomic E-state index is 12.5. The number of amides is 1. The van der Waals surface area contributed by atoms with Crippen molar-refractivity contribution in [2.45, 2.75) is 25.7 Å². The molecule has 0 unspecified atom stereocenters. The lowest BCUT2D eigenvalue weighted by Gasteiger charge is -2.40. The Bertz CT molecular complexity index is 534. The zero-order valence-electron chi connectivity index (χ0n) is 13.6. The van der Waals surface area contributed by atoms with E-state index >= 15 is 0 Å². The van der Waals surface area contributed by atoms with Crippen molar-refractivity contribution in [1.29, 1.82) is 0 Å². The normalized spacial score (nSPS) is 27.8. The van der Waals surface area contributed by atoms with E-state index < -0.39 is 0 Å². The van der Waals surface area contributed by atoms with E-state index in [9.17, 15) is 4.79 Å². The summed E-state index contributed by atoms with van der Waals surface area (Å²) in [5, 5.41) is 1.86. The van der Waals surface area contributed by atoms with Crippen LogP contribution in [0.15, 0.2) is 10.9 Å². The van der Waals surface area contributed by atoms with Gasteiger partial charge in [-0.05, 0) is 50.1 Å². The molecule has 3 saturated heterocycles. The molecule has 5 nitrogen and oxygen atoms in total. The molecule has 0 radical (unpaired) electrons. The molecule has 4 heterocycles. The van der Waals surface area contributed by atoms with Crippen LogP contribution >= 0.6 is 11.3 Å². The number of thiazole rings is 1. The highest BCUT2D eigenvalue weighted by Gasteiger charge is 2.42. The summed E-state index contributed by atoms with van der Waals surface area (Å²) in [5.41, 5.74) is 2.71. The first-order chi connectivity index (χ1) is 11.2. The van der Waals surface area contributed by atoms with E-state index in [4.69, 9.17) is 4.74 Å². The maximum Gasteiger partial charge on any atom is 0.273 e. The quantitative estimate of drug-likeness (QED) is 0.849. The first-order valence-corrected chi connectivity index (χ1v) is 9.66. The molecule has 0 N–H and O–H groups in total. The molecule has 1 atom stereocenters. The summed E-state index contributed by atoms with van der Waals surface area (Å²) in [6, 6.07) is 0. The predicted molar refractivity (Wildman–Crippen MR) is 89.7 cm³/mol. The number of piperidine rings is 1. The minimum atomic E-state index is 0.119. The van der Waals surface area contributed by atoms with Crippen molar-refractivity contribution >= 4 is 17.2 Å². The number of ether oxygens (including phenoxy) is 1. The first-order valence-electron chi connectivity index (χ1n) is 8.72. The van der Waals surface area contributed by atoms with E-state index in [0.29, 0.717) is 11.1 Å². The molecule has 1 aromatic rings. The van der Waals surface area contributed by atoms with Crippen molar-refractivity contribution in [3.05, 3.63) is 16.6 Å². The van der Waals surface area contributed by atoms with Gasteiger partial charge in [0.05, 0.1) is 12.1 Å². The fourth-order valence-electron chi connectivity index (χ4n) is 4.30. The Kier molecular flexibility index (Phi) is 4.39. The third-order valence-electron chi connectivity index (χ3n) is 5.83. The Morgan fingerprint density at radius 3 is 2.87 bits per heavy atom. The number of hydrogen-bond acceptors (Lipinski definition) is 5. The zero-order valence-corrected chi connectivity index (χ0v) is 14.4. The largest absolute Gasteiger partial charge is 0.381 e. The van der Waals surface area contributed by atoms with Crippen LogP contribution in [-0.4, -0.2) is 66.6 Å². The molecule has 4 rings (SSSR count). The molecular weight excluding hydrogens is 310 g/mol. The molecule has 1 amide bonds. The van der Waals surface area contributed by atoms with Gasteiger partial charge in [-0.1, -0.05) is 0 Å². The number of rotatable bonds is 3. The van der Waals surface area contributed by atoms with Crippen LogP contribution in [0.25, 0.3) is 0 Å². The monoisotopic (exact) mass is 335 g/mol. The van der Waals surface area contributed by atoms with Crippen LogP contribution < -0.4 is 0 Å². The fraction of sp³-hybridized carbons (Fsp3) is 0.765. The summed E-state index contributed by atoms with van der Waals surface area (Å²) in [6.07, 6.45) is 4.82. The molecule has 3 aliphatic heterocycles. The van der Waals surface area contributed by atoms with Gasteiger partial charge in [0.25, 0.3) is 5.91 Å². The van der Waals surface area contributed by atoms with Gasteiger partial charge in [-0.2, -0.15) is 0 Å². The molecule has 1 spiro atoms. The number of carbonyl (C=O) groups is 1. The van der Waals surface area contributed by atoms with E-state index in [1.807, 2.05) is 10.3 Å². The minimum absolute atomic E-state index is 0.119. The molecule has 0 aliphatic carbocycles. The summed E-state index contributed by atoms with van der Waals surface area (Å²) < 4.78 is 5.49. The van der Waals surface area contributed by atoms with E-state index in [1.54, 1.807) is 5.51 Å². The van der Waals surface area contributed by atoms with E-state index in [0.717, 1.165) is 38.6 Å². The zero-order chi connectivity index (χ0) is 15.7. The van der Waals surface area contributed by atoms with Gasteiger partial charge in [0, 0.05) is 31.6 Å². The van der Waals surface area contributed by atoms with Crippen LogP contribution in [0.2, 0.25) is 0 Å². The Hall–Kier alpha value is -0.980. The van der Waals surface area contributed by atoms with Crippen molar-refractivity contribution in [2.24, 2.45) is 11.3 Å². The Morgan fingerprint density at radius 1 is 1.35 bits per heavy atom. The molecule has 0 saturated carbocycles. The molecule has 3 aliphatic rings. The number of hydrogen-bond donors (Lipinski definition) is 0. The lowest BCUT2D eigenvalue weighted by Crippen LogP contribution is -2.43. The van der Waals surface area contributed by atoms with E-state index in [-0.39, 0.29) is 5.91 Å². The van der Waals surface area contributed by atoms with Crippen LogP contribution in [0.1, 0.15) is 36.2 Å². The highest BCUT2D eigenvalue weighted by atomic mass is 32.1. The summed E-state index contributed by atoms with van der Waals surface area (Å²) >= 11 is 1.49. The highest BCUT2D eigenvalue weighted by Crippen LogP contribution is 2.41. The second-order valence-corrected chi connectivity index (χ2v) is 8.10. The van der Waals surface area contributed by atoms with Gasteiger partial charge >= 0.3 is 0 Å². The average Bonchev–Trinajstić information content (AvgIpc) is 3.31. The molecule has 6 heteroatoms. The van der Waals surface area contributed by atoms with Crippen LogP contribution in [-0.2, 0) is 4.74 Å². The summed E-state index contributed by atoms with van der Waals surface area (Å²) in [7, 11) is 0. The number of aromatic nitrogens is 1. The van der Waals surface area contributed by atoms with Crippen molar-refractivity contribution in [1.82, 2.24) is 14.8 Å². The summed E-state index contributed by atoms with van der Waals surface area (Å²) in [4.78, 5) is 21.3. The molecular formula is C17H25N3O2S. The Labute approximate surface area is 141 Å². The van der Waals surface area contributed by atoms with E-state index in [2.05, 4.69) is 9.88 Å². The van der Waals surface area contributed by atoms with Gasteiger partial charge in [-0.25, -0.2) is 4.98 Å². The van der Waals surface area contributed by atoms with Gasteiger partial charge in [-0.15, -0.1) is 11.3 Å². The fourth-order valence-corrected chi connectivity index (χ4v) is 4.82. The maximum absolute atomic E-state index is 12.5. The second kappa shape index (κ2) is 6.49. The molecule has 23 heavy (non-hydrogen) atoms. The van der Waals surface area contributed by atoms with Crippen LogP contribution in [0.5, 0.6) is 0 Å². The topological polar surface area (TPSA) is 45.7 Å². The van der Waals surface area contributed by atoms with Crippen LogP contribution in [0.4, 0.5) is 0 Å². The third kappa shape index (κ3) is 3.30. The van der Waals surface area contributed by atoms with Gasteiger partial charge in [0.15, 0.2) is 0 Å². The first kappa shape index (κ1) is 15.5. The van der Waals surface area contributed by atoms with Crippen molar-refractivity contribution in [3.63, 3.8) is 0 Å². The Morgan fingerprint density at radius 2 is 2.17 bits per heavy atom. The van der Waals surface area contributed by atoms with Gasteiger partial charge in [0.1, 0.15) is 5.69 Å². The van der Waals surface area contributed by atoms with Crippen molar-refractivity contribution in [2.75, 3.05) is 45.9 Å². The molecule has 0 bridgehead atoms. The molecule has 126 valence electrons. The van der Waals surface area contributed by atoms with Gasteiger partial charge in [0.2, 0.25) is 0 Å². The lowest BCUT2D eigenvalue weighted by atomic mass is 9.77. The van der Waals surface area contributed by atoms with E-state index in [1.165, 1.54) is 50.2 Å². The standard InChI is InChI=1S/C17H25N3O2S/c21-16(15-11-23-13-18-15)20-7-4-17(12-20)2-5-19(6-3-17)9-14-1-8-22-10-14/h11,13-14H,1-10,12H2/t14-/m0/s1. The highest BCUT2D eigenvalue weighted by molar-refractivity contribution is 7.07. The minimum Gasteiger partial charge on any atom is -0.381 e. The van der Waals surface area contributed by atoms with Gasteiger partial charge in [-0.3, -0.25) is 4.79 Å². The smallest absolute Gasteiger partial charge is 0.273 e. The predicted octanol–water partition coefficient (Wildman–Crippen LogP) is 2.11. The molecule has 0 aromatic carbocycles. The second-order valence-electron chi connectivity index (χ2n) is 7.38.